The predicted molar refractivity (Wildman–Crippen MR) is 80.9 cm³/mol. The van der Waals surface area contributed by atoms with Gasteiger partial charge in [0.1, 0.15) is 0 Å². The number of fused-ring (bicyclic) bond motifs is 1. The van der Waals surface area contributed by atoms with Gasteiger partial charge in [-0.1, -0.05) is 18.2 Å². The Morgan fingerprint density at radius 1 is 1.22 bits per heavy atom. The lowest BCUT2D eigenvalue weighted by molar-refractivity contribution is 0.704. The third-order valence-corrected chi connectivity index (χ3v) is 4.61. The Balaban J connectivity index is 1.66. The van der Waals surface area contributed by atoms with E-state index < -0.39 is 0 Å². The van der Waals surface area contributed by atoms with Gasteiger partial charge in [-0.25, -0.2) is 0 Å². The van der Waals surface area contributed by atoms with Crippen LogP contribution in [0.2, 0.25) is 0 Å². The van der Waals surface area contributed by atoms with E-state index in [0.29, 0.717) is 0 Å². The lowest BCUT2D eigenvalue weighted by Crippen LogP contribution is -2.11. The van der Waals surface area contributed by atoms with E-state index in [1.54, 1.807) is 11.3 Å². The quantitative estimate of drug-likeness (QED) is 0.737. The van der Waals surface area contributed by atoms with E-state index in [0.717, 1.165) is 17.6 Å². The first-order chi connectivity index (χ1) is 8.83. The van der Waals surface area contributed by atoms with Crippen molar-refractivity contribution in [2.24, 2.45) is 0 Å². The van der Waals surface area contributed by atoms with Crippen molar-refractivity contribution in [1.29, 1.82) is 0 Å². The third-order valence-electron chi connectivity index (χ3n) is 2.91. The van der Waals surface area contributed by atoms with Crippen LogP contribution in [0.15, 0.2) is 46.4 Å². The molecule has 0 radical (unpaired) electrons. The number of thiophene rings is 1. The molecule has 0 aliphatic heterocycles. The number of benzene rings is 1. The molecule has 2 heterocycles. The first kappa shape index (κ1) is 12.0. The van der Waals surface area contributed by atoms with Gasteiger partial charge in [0.15, 0.2) is 0 Å². The zero-order chi connectivity index (χ0) is 12.4. The number of aromatic nitrogens is 1. The van der Waals surface area contributed by atoms with E-state index in [-0.39, 0.29) is 0 Å². The Hall–Kier alpha value is -1.10. The third kappa shape index (κ3) is 2.51. The van der Waals surface area contributed by atoms with Crippen LogP contribution in [0, 0.1) is 0 Å². The van der Waals surface area contributed by atoms with Crippen LogP contribution in [0.3, 0.4) is 0 Å². The largest absolute Gasteiger partial charge is 0.361 e. The first-order valence-electron chi connectivity index (χ1n) is 5.81. The van der Waals surface area contributed by atoms with Gasteiger partial charge < -0.3 is 10.3 Å². The molecule has 0 bridgehead atoms. The minimum absolute atomic E-state index is 0.888. The van der Waals surface area contributed by atoms with E-state index in [4.69, 9.17) is 0 Å². The molecule has 2 aromatic heterocycles. The number of hydrogen-bond acceptors (Lipinski definition) is 2. The van der Waals surface area contributed by atoms with Crippen molar-refractivity contribution in [2.45, 2.75) is 13.1 Å². The minimum Gasteiger partial charge on any atom is -0.361 e. The second-order valence-electron chi connectivity index (χ2n) is 4.19. The van der Waals surface area contributed by atoms with Gasteiger partial charge in [-0.2, -0.15) is 0 Å². The molecular formula is C14H13BrN2S. The molecule has 4 heteroatoms. The summed E-state index contributed by atoms with van der Waals surface area (Å²) < 4.78 is 1.16. The lowest BCUT2D eigenvalue weighted by atomic mass is 10.2. The summed E-state index contributed by atoms with van der Waals surface area (Å²) in [5.41, 5.74) is 2.52. The molecule has 0 fully saturated rings. The van der Waals surface area contributed by atoms with Crippen molar-refractivity contribution in [3.05, 3.63) is 56.8 Å². The van der Waals surface area contributed by atoms with Gasteiger partial charge in [0.2, 0.25) is 0 Å². The molecule has 2 N–H and O–H groups in total. The molecule has 0 aliphatic rings. The summed E-state index contributed by atoms with van der Waals surface area (Å²) >= 11 is 5.25. The predicted octanol–water partition coefficient (Wildman–Crippen LogP) is 4.28. The molecule has 0 unspecified atom stereocenters. The van der Waals surface area contributed by atoms with Gasteiger partial charge in [-0.3, -0.25) is 0 Å². The Morgan fingerprint density at radius 3 is 2.94 bits per heavy atom. The van der Waals surface area contributed by atoms with Gasteiger partial charge in [0.05, 0.1) is 0 Å². The lowest BCUT2D eigenvalue weighted by Gasteiger charge is -2.01. The van der Waals surface area contributed by atoms with Crippen molar-refractivity contribution >= 4 is 38.2 Å². The summed E-state index contributed by atoms with van der Waals surface area (Å²) in [7, 11) is 0. The molecule has 3 aromatic rings. The standard InChI is InChI=1S/C14H13BrN2S/c15-11-5-12(18-9-11)8-16-6-10-7-17-14-4-2-1-3-13(10)14/h1-5,7,9,16-17H,6,8H2. The second kappa shape index (κ2) is 5.26. The monoisotopic (exact) mass is 320 g/mol. The molecule has 1 aromatic carbocycles. The van der Waals surface area contributed by atoms with E-state index >= 15 is 0 Å². The molecular weight excluding hydrogens is 308 g/mol. The van der Waals surface area contributed by atoms with Crippen molar-refractivity contribution in [3.63, 3.8) is 0 Å². The van der Waals surface area contributed by atoms with Gasteiger partial charge >= 0.3 is 0 Å². The van der Waals surface area contributed by atoms with Crippen molar-refractivity contribution in [2.75, 3.05) is 0 Å². The van der Waals surface area contributed by atoms with Crippen LogP contribution in [-0.2, 0) is 13.1 Å². The van der Waals surface area contributed by atoms with Gasteiger partial charge in [-0.05, 0) is 33.6 Å². The number of halogens is 1. The topological polar surface area (TPSA) is 27.8 Å². The Kier molecular flexibility index (Phi) is 3.50. The maximum absolute atomic E-state index is 3.48. The number of nitrogens with one attached hydrogen (secondary N) is 2. The molecule has 3 rings (SSSR count). The van der Waals surface area contributed by atoms with Crippen LogP contribution in [0.4, 0.5) is 0 Å². The molecule has 0 saturated heterocycles. The summed E-state index contributed by atoms with van der Waals surface area (Å²) in [5, 5.41) is 6.90. The summed E-state index contributed by atoms with van der Waals surface area (Å²) in [4.78, 5) is 4.64. The van der Waals surface area contributed by atoms with Crippen LogP contribution >= 0.6 is 27.3 Å². The number of para-hydroxylation sites is 1. The Morgan fingerprint density at radius 2 is 2.11 bits per heavy atom. The van der Waals surface area contributed by atoms with Gasteiger partial charge in [0.25, 0.3) is 0 Å². The van der Waals surface area contributed by atoms with E-state index in [1.165, 1.54) is 21.3 Å². The molecule has 0 amide bonds. The molecule has 92 valence electrons. The fourth-order valence-electron chi connectivity index (χ4n) is 2.04. The van der Waals surface area contributed by atoms with Crippen LogP contribution < -0.4 is 5.32 Å². The fraction of sp³-hybridized carbons (Fsp3) is 0.143. The molecule has 0 spiro atoms. The summed E-state index contributed by atoms with van der Waals surface area (Å²) in [6.07, 6.45) is 2.09. The molecule has 0 atom stereocenters. The van der Waals surface area contributed by atoms with E-state index in [9.17, 15) is 0 Å². The van der Waals surface area contributed by atoms with Crippen molar-refractivity contribution in [1.82, 2.24) is 10.3 Å². The maximum Gasteiger partial charge on any atom is 0.0457 e. The second-order valence-corrected chi connectivity index (χ2v) is 6.11. The van der Waals surface area contributed by atoms with E-state index in [1.807, 2.05) is 0 Å². The van der Waals surface area contributed by atoms with Crippen molar-refractivity contribution < 1.29 is 0 Å². The highest BCUT2D eigenvalue weighted by Crippen LogP contribution is 2.20. The zero-order valence-electron chi connectivity index (χ0n) is 9.74. The molecule has 0 aliphatic carbocycles. The molecule has 0 saturated carbocycles. The molecule has 2 nitrogen and oxygen atoms in total. The zero-order valence-corrected chi connectivity index (χ0v) is 12.1. The number of aromatic amines is 1. The van der Waals surface area contributed by atoms with Gasteiger partial charge in [0, 0.05) is 44.9 Å². The number of H-pyrrole nitrogens is 1. The van der Waals surface area contributed by atoms with Crippen LogP contribution in [0.1, 0.15) is 10.4 Å². The highest BCUT2D eigenvalue weighted by atomic mass is 79.9. The SMILES string of the molecule is Brc1csc(CNCc2c[nH]c3ccccc23)c1. The Labute approximate surface area is 118 Å². The van der Waals surface area contributed by atoms with Crippen LogP contribution in [0.5, 0.6) is 0 Å². The smallest absolute Gasteiger partial charge is 0.0457 e. The van der Waals surface area contributed by atoms with Crippen molar-refractivity contribution in [3.8, 4) is 0 Å². The normalized spacial score (nSPS) is 11.2. The average Bonchev–Trinajstić information content (AvgIpc) is 2.97. The fourth-order valence-corrected chi connectivity index (χ4v) is 3.47. The first-order valence-corrected chi connectivity index (χ1v) is 7.49. The van der Waals surface area contributed by atoms with Crippen LogP contribution in [-0.4, -0.2) is 4.98 Å². The minimum atomic E-state index is 0.888. The maximum atomic E-state index is 3.48. The number of rotatable bonds is 4. The highest BCUT2D eigenvalue weighted by Gasteiger charge is 2.02. The van der Waals surface area contributed by atoms with E-state index in [2.05, 4.69) is 68.1 Å². The molecule has 18 heavy (non-hydrogen) atoms. The van der Waals surface area contributed by atoms with Crippen LogP contribution in [0.25, 0.3) is 10.9 Å². The number of hydrogen-bond donors (Lipinski definition) is 2. The summed E-state index contributed by atoms with van der Waals surface area (Å²) in [6, 6.07) is 10.6. The summed E-state index contributed by atoms with van der Waals surface area (Å²) in [5.74, 6) is 0. The van der Waals surface area contributed by atoms with Gasteiger partial charge in [-0.15, -0.1) is 11.3 Å². The Bertz CT molecular complexity index is 656. The highest BCUT2D eigenvalue weighted by molar-refractivity contribution is 9.10. The average molecular weight is 321 g/mol. The summed E-state index contributed by atoms with van der Waals surface area (Å²) in [6.45, 7) is 1.80.